The Morgan fingerprint density at radius 3 is 2.39 bits per heavy atom. The van der Waals surface area contributed by atoms with Gasteiger partial charge in [-0.25, -0.2) is 9.78 Å². The number of nitrogens with zero attached hydrogens (tertiary/aromatic N) is 2. The first-order valence-corrected chi connectivity index (χ1v) is 9.49. The number of carbonyl (C=O) groups is 1. The van der Waals surface area contributed by atoms with Crippen molar-refractivity contribution in [1.29, 1.82) is 0 Å². The largest absolute Gasteiger partial charge is 0.496 e. The van der Waals surface area contributed by atoms with Gasteiger partial charge in [-0.05, 0) is 37.1 Å². The molecule has 0 aliphatic carbocycles. The van der Waals surface area contributed by atoms with E-state index in [0.29, 0.717) is 17.7 Å². The van der Waals surface area contributed by atoms with Gasteiger partial charge in [-0.15, -0.1) is 0 Å². The van der Waals surface area contributed by atoms with Crippen molar-refractivity contribution in [2.45, 2.75) is 25.9 Å². The number of carbonyl (C=O) groups excluding carboxylic acids is 1. The van der Waals surface area contributed by atoms with Gasteiger partial charge < -0.3 is 9.53 Å². The summed E-state index contributed by atoms with van der Waals surface area (Å²) in [6.45, 7) is 1.47. The molecule has 3 aromatic rings. The molecular formula is C21H17ClF3N3O3. The lowest BCUT2D eigenvalue weighted by Crippen LogP contribution is -2.15. The fourth-order valence-electron chi connectivity index (χ4n) is 3.00. The summed E-state index contributed by atoms with van der Waals surface area (Å²) in [5.74, 6) is 0.307. The maximum absolute atomic E-state index is 12.8. The topological polar surface area (TPSA) is 84.9 Å². The van der Waals surface area contributed by atoms with E-state index in [2.05, 4.69) is 15.0 Å². The molecule has 0 radical (unpaired) electrons. The van der Waals surface area contributed by atoms with E-state index < -0.39 is 17.4 Å². The SMILES string of the molecule is COc1c(CCC(C)=O)ccc(Cl)c1-c1nc(-c2ccc(C(F)(F)F)cc2)nc(=O)[nH]1. The zero-order chi connectivity index (χ0) is 22.8. The molecule has 1 heterocycles. The Morgan fingerprint density at radius 1 is 1.13 bits per heavy atom. The number of hydrogen-bond acceptors (Lipinski definition) is 5. The molecule has 0 aliphatic rings. The van der Waals surface area contributed by atoms with Crippen molar-refractivity contribution in [3.8, 4) is 28.5 Å². The van der Waals surface area contributed by atoms with Crippen LogP contribution in [-0.2, 0) is 17.4 Å². The summed E-state index contributed by atoms with van der Waals surface area (Å²) in [4.78, 5) is 34.1. The van der Waals surface area contributed by atoms with Crippen LogP contribution in [0, 0.1) is 0 Å². The number of hydrogen-bond donors (Lipinski definition) is 1. The van der Waals surface area contributed by atoms with E-state index in [1.807, 2.05) is 0 Å². The fourth-order valence-corrected chi connectivity index (χ4v) is 3.24. The molecule has 162 valence electrons. The summed E-state index contributed by atoms with van der Waals surface area (Å²) in [5.41, 5.74) is -0.384. The molecule has 1 aromatic heterocycles. The zero-order valence-corrected chi connectivity index (χ0v) is 17.3. The molecule has 0 spiro atoms. The van der Waals surface area contributed by atoms with E-state index in [1.165, 1.54) is 26.2 Å². The number of methoxy groups -OCH3 is 1. The number of Topliss-reactive ketones (excluding diaryl/α,β-unsaturated/α-hetero) is 1. The summed E-state index contributed by atoms with van der Waals surface area (Å²) in [5, 5.41) is 0.233. The van der Waals surface area contributed by atoms with Crippen LogP contribution in [0.15, 0.2) is 41.2 Å². The van der Waals surface area contributed by atoms with Crippen LogP contribution >= 0.6 is 11.6 Å². The van der Waals surface area contributed by atoms with Gasteiger partial charge >= 0.3 is 11.9 Å². The van der Waals surface area contributed by atoms with Gasteiger partial charge in [0.1, 0.15) is 17.4 Å². The Hall–Kier alpha value is -3.20. The highest BCUT2D eigenvalue weighted by atomic mass is 35.5. The molecular weight excluding hydrogens is 435 g/mol. The van der Waals surface area contributed by atoms with Gasteiger partial charge in [-0.1, -0.05) is 29.8 Å². The Kier molecular flexibility index (Phi) is 6.45. The number of halogens is 4. The number of benzene rings is 2. The highest BCUT2D eigenvalue weighted by molar-refractivity contribution is 6.33. The van der Waals surface area contributed by atoms with Crippen LogP contribution in [0.3, 0.4) is 0 Å². The minimum Gasteiger partial charge on any atom is -0.496 e. The summed E-state index contributed by atoms with van der Waals surface area (Å²) < 4.78 is 43.9. The number of ether oxygens (including phenoxy) is 1. The van der Waals surface area contributed by atoms with Gasteiger partial charge in [0.15, 0.2) is 5.82 Å². The predicted molar refractivity (Wildman–Crippen MR) is 109 cm³/mol. The Bertz CT molecular complexity index is 1180. The van der Waals surface area contributed by atoms with E-state index in [1.54, 1.807) is 12.1 Å². The molecule has 0 atom stereocenters. The minimum atomic E-state index is -4.49. The molecule has 0 amide bonds. The Morgan fingerprint density at radius 2 is 1.81 bits per heavy atom. The van der Waals surface area contributed by atoms with Gasteiger partial charge in [0.25, 0.3) is 0 Å². The van der Waals surface area contributed by atoms with E-state index in [0.717, 1.165) is 12.1 Å². The highest BCUT2D eigenvalue weighted by Gasteiger charge is 2.30. The lowest BCUT2D eigenvalue weighted by Gasteiger charge is -2.15. The van der Waals surface area contributed by atoms with E-state index in [-0.39, 0.29) is 40.0 Å². The van der Waals surface area contributed by atoms with Gasteiger partial charge in [0.2, 0.25) is 0 Å². The van der Waals surface area contributed by atoms with Crippen molar-refractivity contribution in [2.24, 2.45) is 0 Å². The van der Waals surface area contributed by atoms with Gasteiger partial charge in [0, 0.05) is 12.0 Å². The first-order chi connectivity index (χ1) is 14.6. The summed E-state index contributed by atoms with van der Waals surface area (Å²) in [6, 6.07) is 7.44. The van der Waals surface area contributed by atoms with Crippen LogP contribution < -0.4 is 10.4 Å². The Labute approximate surface area is 180 Å². The third kappa shape index (κ3) is 5.11. The number of aromatic nitrogens is 3. The number of aryl methyl sites for hydroxylation is 1. The number of rotatable bonds is 6. The maximum atomic E-state index is 12.8. The molecule has 0 fully saturated rings. The fraction of sp³-hybridized carbons (Fsp3) is 0.238. The van der Waals surface area contributed by atoms with Crippen LogP contribution in [0.4, 0.5) is 13.2 Å². The standard InChI is InChI=1S/C21H17ClF3N3O3/c1-11(29)3-4-12-7-10-15(22)16(17(12)31-2)19-26-18(27-20(30)28-19)13-5-8-14(9-6-13)21(23,24)25/h5-10H,3-4H2,1-2H3,(H,26,27,28,30). The smallest absolute Gasteiger partial charge is 0.416 e. The molecule has 10 heteroatoms. The van der Waals surface area contributed by atoms with Crippen LogP contribution in [0.5, 0.6) is 5.75 Å². The quantitative estimate of drug-likeness (QED) is 0.587. The van der Waals surface area contributed by atoms with Gasteiger partial charge in [-0.3, -0.25) is 4.98 Å². The third-order valence-corrected chi connectivity index (χ3v) is 4.81. The molecule has 3 rings (SSSR count). The predicted octanol–water partition coefficient (Wildman–Crippen LogP) is 4.70. The average Bonchev–Trinajstić information content (AvgIpc) is 2.71. The van der Waals surface area contributed by atoms with Crippen LogP contribution in [-0.4, -0.2) is 27.8 Å². The third-order valence-electron chi connectivity index (χ3n) is 4.50. The molecule has 0 bridgehead atoms. The Balaban J connectivity index is 2.11. The van der Waals surface area contributed by atoms with Crippen molar-refractivity contribution in [2.75, 3.05) is 7.11 Å². The minimum absolute atomic E-state index is 0.00131. The van der Waals surface area contributed by atoms with E-state index in [4.69, 9.17) is 16.3 Å². The van der Waals surface area contributed by atoms with Crippen molar-refractivity contribution < 1.29 is 22.7 Å². The lowest BCUT2D eigenvalue weighted by molar-refractivity contribution is -0.137. The van der Waals surface area contributed by atoms with Crippen LogP contribution in [0.25, 0.3) is 22.8 Å². The molecule has 31 heavy (non-hydrogen) atoms. The second-order valence-corrected chi connectivity index (χ2v) is 7.13. The molecule has 2 aromatic carbocycles. The number of H-pyrrole nitrogens is 1. The zero-order valence-electron chi connectivity index (χ0n) is 16.5. The highest BCUT2D eigenvalue weighted by Crippen LogP contribution is 2.38. The monoisotopic (exact) mass is 451 g/mol. The summed E-state index contributed by atoms with van der Waals surface area (Å²) in [6.07, 6.45) is -3.81. The van der Waals surface area contributed by atoms with Gasteiger partial charge in [-0.2, -0.15) is 18.2 Å². The second-order valence-electron chi connectivity index (χ2n) is 6.72. The first kappa shape index (κ1) is 22.5. The molecule has 0 saturated heterocycles. The van der Waals surface area contributed by atoms with Crippen LogP contribution in [0.1, 0.15) is 24.5 Å². The van der Waals surface area contributed by atoms with Crippen molar-refractivity contribution in [1.82, 2.24) is 15.0 Å². The molecule has 6 nitrogen and oxygen atoms in total. The van der Waals surface area contributed by atoms with Crippen molar-refractivity contribution in [3.05, 3.63) is 63.0 Å². The molecule has 0 saturated carbocycles. The average molecular weight is 452 g/mol. The molecule has 1 N–H and O–H groups in total. The second kappa shape index (κ2) is 8.89. The molecule has 0 aliphatic heterocycles. The number of alkyl halides is 3. The molecule has 0 unspecified atom stereocenters. The van der Waals surface area contributed by atoms with E-state index >= 15 is 0 Å². The van der Waals surface area contributed by atoms with Gasteiger partial charge in [0.05, 0.1) is 23.3 Å². The number of nitrogens with one attached hydrogen (secondary N) is 1. The summed E-state index contributed by atoms with van der Waals surface area (Å²) >= 11 is 6.34. The number of ketones is 1. The maximum Gasteiger partial charge on any atom is 0.416 e. The first-order valence-electron chi connectivity index (χ1n) is 9.11. The van der Waals surface area contributed by atoms with Crippen LogP contribution in [0.2, 0.25) is 5.02 Å². The van der Waals surface area contributed by atoms with E-state index in [9.17, 15) is 22.8 Å². The summed E-state index contributed by atoms with van der Waals surface area (Å²) in [7, 11) is 1.42. The number of aromatic amines is 1. The normalized spacial score (nSPS) is 11.4. The van der Waals surface area contributed by atoms with Crippen molar-refractivity contribution >= 4 is 17.4 Å². The lowest BCUT2D eigenvalue weighted by atomic mass is 10.0. The van der Waals surface area contributed by atoms with Crippen molar-refractivity contribution in [3.63, 3.8) is 0 Å².